The molecular formula is C18H23FN2. The van der Waals surface area contributed by atoms with Crippen LogP contribution in [0, 0.1) is 12.7 Å². The van der Waals surface area contributed by atoms with Crippen LogP contribution in [-0.4, -0.2) is 12.6 Å². The van der Waals surface area contributed by atoms with Crippen molar-refractivity contribution in [2.75, 3.05) is 11.4 Å². The van der Waals surface area contributed by atoms with Gasteiger partial charge in [0.1, 0.15) is 5.82 Å². The zero-order valence-corrected chi connectivity index (χ0v) is 12.9. The molecule has 0 amide bonds. The second kappa shape index (κ2) is 6.72. The summed E-state index contributed by atoms with van der Waals surface area (Å²) in [6, 6.07) is 13.3. The Labute approximate surface area is 126 Å². The summed E-state index contributed by atoms with van der Waals surface area (Å²) in [5.74, 6) is -0.196. The molecule has 21 heavy (non-hydrogen) atoms. The van der Waals surface area contributed by atoms with E-state index >= 15 is 0 Å². The molecule has 0 saturated heterocycles. The van der Waals surface area contributed by atoms with Gasteiger partial charge in [-0.25, -0.2) is 4.39 Å². The monoisotopic (exact) mass is 286 g/mol. The van der Waals surface area contributed by atoms with E-state index < -0.39 is 0 Å². The highest BCUT2D eigenvalue weighted by atomic mass is 19.1. The van der Waals surface area contributed by atoms with Gasteiger partial charge in [0.25, 0.3) is 0 Å². The molecule has 1 unspecified atom stereocenters. The normalized spacial score (nSPS) is 12.2. The van der Waals surface area contributed by atoms with E-state index in [4.69, 9.17) is 5.73 Å². The zero-order valence-electron chi connectivity index (χ0n) is 12.9. The lowest BCUT2D eigenvalue weighted by Crippen LogP contribution is -2.23. The molecule has 1 atom stereocenters. The third-order valence-electron chi connectivity index (χ3n) is 3.60. The number of nitrogens with zero attached hydrogens (tertiary/aromatic N) is 1. The van der Waals surface area contributed by atoms with Crippen LogP contribution in [-0.2, 0) is 6.42 Å². The minimum Gasteiger partial charge on any atom is -0.339 e. The van der Waals surface area contributed by atoms with Crippen LogP contribution >= 0.6 is 0 Å². The summed E-state index contributed by atoms with van der Waals surface area (Å²) < 4.78 is 14.5. The van der Waals surface area contributed by atoms with Crippen molar-refractivity contribution in [1.29, 1.82) is 0 Å². The number of halogens is 1. The average molecular weight is 286 g/mol. The molecule has 3 heteroatoms. The van der Waals surface area contributed by atoms with Crippen LogP contribution in [0.2, 0.25) is 0 Å². The van der Waals surface area contributed by atoms with E-state index in [0.717, 1.165) is 16.8 Å². The fraction of sp³-hybridized carbons (Fsp3) is 0.333. The van der Waals surface area contributed by atoms with Crippen molar-refractivity contribution in [2.24, 2.45) is 5.73 Å². The first-order valence-corrected chi connectivity index (χ1v) is 7.40. The van der Waals surface area contributed by atoms with Gasteiger partial charge in [0.05, 0.1) is 5.69 Å². The maximum Gasteiger partial charge on any atom is 0.147 e. The van der Waals surface area contributed by atoms with Crippen LogP contribution < -0.4 is 10.6 Å². The molecule has 0 aliphatic rings. The van der Waals surface area contributed by atoms with E-state index in [1.165, 1.54) is 6.07 Å². The van der Waals surface area contributed by atoms with Gasteiger partial charge in [0.15, 0.2) is 0 Å². The van der Waals surface area contributed by atoms with Crippen molar-refractivity contribution in [3.05, 3.63) is 59.4 Å². The van der Waals surface area contributed by atoms with E-state index in [-0.39, 0.29) is 11.9 Å². The molecule has 0 fully saturated rings. The lowest BCUT2D eigenvalue weighted by atomic mass is 10.0. The number of hydrogen-bond donors (Lipinski definition) is 1. The summed E-state index contributed by atoms with van der Waals surface area (Å²) in [7, 11) is 0. The highest BCUT2D eigenvalue weighted by Gasteiger charge is 2.18. The molecule has 0 saturated carbocycles. The predicted octanol–water partition coefficient (Wildman–Crippen LogP) is 4.18. The van der Waals surface area contributed by atoms with Gasteiger partial charge in [0.2, 0.25) is 0 Å². The van der Waals surface area contributed by atoms with Gasteiger partial charge in [-0.3, -0.25) is 0 Å². The molecule has 2 aromatic rings. The summed E-state index contributed by atoms with van der Waals surface area (Å²) >= 11 is 0. The van der Waals surface area contributed by atoms with Gasteiger partial charge in [-0.2, -0.15) is 0 Å². The Balaban J connectivity index is 2.54. The highest BCUT2D eigenvalue weighted by Crippen LogP contribution is 2.33. The van der Waals surface area contributed by atoms with Crippen LogP contribution in [0.3, 0.4) is 0 Å². The van der Waals surface area contributed by atoms with E-state index in [1.54, 1.807) is 6.07 Å². The Kier molecular flexibility index (Phi) is 4.97. The van der Waals surface area contributed by atoms with Gasteiger partial charge < -0.3 is 10.6 Å². The van der Waals surface area contributed by atoms with E-state index in [9.17, 15) is 4.39 Å². The summed E-state index contributed by atoms with van der Waals surface area (Å²) in [5.41, 5.74) is 9.68. The SMILES string of the molecule is CCN(c1ccccc1C)c1c(F)cccc1CC(C)N. The third-order valence-corrected chi connectivity index (χ3v) is 3.60. The molecule has 0 spiro atoms. The number of para-hydroxylation sites is 2. The predicted molar refractivity (Wildman–Crippen MR) is 87.6 cm³/mol. The standard InChI is InChI=1S/C18H23FN2/c1-4-21(17-11-6-5-8-13(17)2)18-15(12-14(3)20)9-7-10-16(18)19/h5-11,14H,4,12,20H2,1-3H3. The largest absolute Gasteiger partial charge is 0.339 e. The summed E-state index contributed by atoms with van der Waals surface area (Å²) in [4.78, 5) is 2.03. The van der Waals surface area contributed by atoms with Crippen molar-refractivity contribution in [3.63, 3.8) is 0 Å². The third kappa shape index (κ3) is 3.42. The van der Waals surface area contributed by atoms with Crippen molar-refractivity contribution >= 4 is 11.4 Å². The van der Waals surface area contributed by atoms with E-state index in [2.05, 4.69) is 0 Å². The maximum atomic E-state index is 14.5. The number of anilines is 2. The molecule has 0 heterocycles. The van der Waals surface area contributed by atoms with Crippen molar-refractivity contribution < 1.29 is 4.39 Å². The Morgan fingerprint density at radius 1 is 1.14 bits per heavy atom. The molecular weight excluding hydrogens is 263 g/mol. The maximum absolute atomic E-state index is 14.5. The molecule has 0 aromatic heterocycles. The first-order chi connectivity index (χ1) is 10.0. The second-order valence-corrected chi connectivity index (χ2v) is 5.46. The first kappa shape index (κ1) is 15.5. The van der Waals surface area contributed by atoms with Crippen molar-refractivity contribution in [2.45, 2.75) is 33.2 Å². The Morgan fingerprint density at radius 2 is 1.86 bits per heavy atom. The number of benzene rings is 2. The Morgan fingerprint density at radius 3 is 2.48 bits per heavy atom. The minimum atomic E-state index is -0.196. The molecule has 2 rings (SSSR count). The van der Waals surface area contributed by atoms with Gasteiger partial charge in [0, 0.05) is 18.3 Å². The van der Waals surface area contributed by atoms with Gasteiger partial charge >= 0.3 is 0 Å². The number of hydrogen-bond acceptors (Lipinski definition) is 2. The van der Waals surface area contributed by atoms with Gasteiger partial charge in [-0.05, 0) is 50.5 Å². The summed E-state index contributed by atoms with van der Waals surface area (Å²) in [5, 5.41) is 0. The fourth-order valence-electron chi connectivity index (χ4n) is 2.69. The first-order valence-electron chi connectivity index (χ1n) is 7.40. The topological polar surface area (TPSA) is 29.3 Å². The fourth-order valence-corrected chi connectivity index (χ4v) is 2.69. The van der Waals surface area contributed by atoms with Gasteiger partial charge in [-0.1, -0.05) is 30.3 Å². The smallest absolute Gasteiger partial charge is 0.147 e. The van der Waals surface area contributed by atoms with Crippen molar-refractivity contribution in [3.8, 4) is 0 Å². The highest BCUT2D eigenvalue weighted by molar-refractivity contribution is 5.69. The molecule has 0 bridgehead atoms. The molecule has 112 valence electrons. The van der Waals surface area contributed by atoms with Crippen LogP contribution in [0.4, 0.5) is 15.8 Å². The minimum absolute atomic E-state index is 0.00104. The van der Waals surface area contributed by atoms with Crippen LogP contribution in [0.25, 0.3) is 0 Å². The quantitative estimate of drug-likeness (QED) is 0.893. The molecule has 2 aromatic carbocycles. The molecule has 0 radical (unpaired) electrons. The number of aryl methyl sites for hydroxylation is 1. The zero-order chi connectivity index (χ0) is 15.4. The van der Waals surface area contributed by atoms with Crippen molar-refractivity contribution in [1.82, 2.24) is 0 Å². The second-order valence-electron chi connectivity index (χ2n) is 5.46. The Hall–Kier alpha value is -1.87. The summed E-state index contributed by atoms with van der Waals surface area (Å²) in [6.07, 6.45) is 0.662. The lowest BCUT2D eigenvalue weighted by molar-refractivity contribution is 0.620. The molecule has 2 nitrogen and oxygen atoms in total. The molecule has 0 aliphatic heterocycles. The number of rotatable bonds is 5. The van der Waals surface area contributed by atoms with Gasteiger partial charge in [-0.15, -0.1) is 0 Å². The number of nitrogens with two attached hydrogens (primary N) is 1. The van der Waals surface area contributed by atoms with Crippen LogP contribution in [0.1, 0.15) is 25.0 Å². The average Bonchev–Trinajstić information content (AvgIpc) is 2.43. The Bertz CT molecular complexity index is 608. The molecule has 2 N–H and O–H groups in total. The van der Waals surface area contributed by atoms with Crippen LogP contribution in [0.15, 0.2) is 42.5 Å². The van der Waals surface area contributed by atoms with E-state index in [1.807, 2.05) is 56.0 Å². The molecule has 0 aliphatic carbocycles. The van der Waals surface area contributed by atoms with E-state index in [0.29, 0.717) is 18.7 Å². The lowest BCUT2D eigenvalue weighted by Gasteiger charge is -2.28. The summed E-state index contributed by atoms with van der Waals surface area (Å²) in [6.45, 7) is 6.73. The van der Waals surface area contributed by atoms with Crippen LogP contribution in [0.5, 0.6) is 0 Å².